The van der Waals surface area contributed by atoms with Crippen LogP contribution < -0.4 is 5.32 Å². The summed E-state index contributed by atoms with van der Waals surface area (Å²) in [7, 11) is 4.05. The molecule has 0 saturated carbocycles. The Labute approximate surface area is 184 Å². The lowest BCUT2D eigenvalue weighted by Gasteiger charge is -2.25. The molecular weight excluding hydrogens is 388 g/mol. The third kappa shape index (κ3) is 5.35. The second-order valence-corrected chi connectivity index (χ2v) is 8.38. The molecule has 7 heteroatoms. The van der Waals surface area contributed by atoms with E-state index in [1.165, 1.54) is 11.1 Å². The summed E-state index contributed by atoms with van der Waals surface area (Å²) >= 11 is 0. The molecule has 1 atom stereocenters. The van der Waals surface area contributed by atoms with Crippen molar-refractivity contribution in [3.63, 3.8) is 0 Å². The maximum absolute atomic E-state index is 12.8. The quantitative estimate of drug-likeness (QED) is 0.635. The number of nitrogens with one attached hydrogen (secondary N) is 1. The van der Waals surface area contributed by atoms with Gasteiger partial charge < -0.3 is 10.2 Å². The number of carbonyl (C=O) groups is 1. The fourth-order valence-corrected chi connectivity index (χ4v) is 3.75. The molecule has 0 aliphatic heterocycles. The average molecular weight is 421 g/mol. The fraction of sp³-hybridized carbons (Fsp3) is 0.417. The molecule has 0 radical (unpaired) electrons. The number of aryl methyl sites for hydroxylation is 4. The van der Waals surface area contributed by atoms with Crippen molar-refractivity contribution in [2.75, 3.05) is 20.6 Å². The van der Waals surface area contributed by atoms with Gasteiger partial charge in [-0.15, -0.1) is 0 Å². The van der Waals surface area contributed by atoms with Gasteiger partial charge in [-0.05, 0) is 60.3 Å². The molecule has 0 fully saturated rings. The van der Waals surface area contributed by atoms with E-state index in [1.807, 2.05) is 47.9 Å². The Morgan fingerprint density at radius 1 is 1.03 bits per heavy atom. The predicted octanol–water partition coefficient (Wildman–Crippen LogP) is 3.17. The predicted molar refractivity (Wildman–Crippen MR) is 122 cm³/mol. The summed E-state index contributed by atoms with van der Waals surface area (Å²) in [5, 5.41) is 7.70. The van der Waals surface area contributed by atoms with Crippen LogP contribution in [0.25, 0.3) is 5.95 Å². The van der Waals surface area contributed by atoms with Crippen LogP contribution in [0.5, 0.6) is 0 Å². The summed E-state index contributed by atoms with van der Waals surface area (Å²) in [4.78, 5) is 23.9. The highest BCUT2D eigenvalue weighted by atomic mass is 16.1. The van der Waals surface area contributed by atoms with Crippen LogP contribution >= 0.6 is 0 Å². The topological polar surface area (TPSA) is 75.9 Å². The summed E-state index contributed by atoms with van der Waals surface area (Å²) < 4.78 is 1.73. The lowest BCUT2D eigenvalue weighted by Crippen LogP contribution is -2.35. The maximum atomic E-state index is 12.8. The van der Waals surface area contributed by atoms with Gasteiger partial charge in [-0.25, -0.2) is 14.6 Å². The van der Waals surface area contributed by atoms with E-state index in [2.05, 4.69) is 56.5 Å². The van der Waals surface area contributed by atoms with Crippen molar-refractivity contribution in [1.29, 1.82) is 0 Å². The van der Waals surface area contributed by atoms with Gasteiger partial charge in [-0.2, -0.15) is 5.10 Å². The van der Waals surface area contributed by atoms with Crippen molar-refractivity contribution in [2.24, 2.45) is 0 Å². The first-order valence-corrected chi connectivity index (χ1v) is 10.5. The van der Waals surface area contributed by atoms with Crippen LogP contribution in [0.3, 0.4) is 0 Å². The summed E-state index contributed by atoms with van der Waals surface area (Å²) in [6.45, 7) is 10.4. The first-order chi connectivity index (χ1) is 14.7. The van der Waals surface area contributed by atoms with E-state index in [1.54, 1.807) is 4.68 Å². The summed E-state index contributed by atoms with van der Waals surface area (Å²) in [5.74, 6) is 0.517. The molecule has 0 spiro atoms. The molecule has 164 valence electrons. The fourth-order valence-electron chi connectivity index (χ4n) is 3.75. The molecule has 3 aromatic rings. The van der Waals surface area contributed by atoms with E-state index < -0.39 is 0 Å². The Hall–Kier alpha value is -3.06. The van der Waals surface area contributed by atoms with Gasteiger partial charge in [0.2, 0.25) is 5.91 Å². The van der Waals surface area contributed by atoms with Crippen LogP contribution in [0.2, 0.25) is 0 Å². The van der Waals surface area contributed by atoms with Gasteiger partial charge in [0.25, 0.3) is 5.95 Å². The normalized spacial score (nSPS) is 12.3. The summed E-state index contributed by atoms with van der Waals surface area (Å²) in [6, 6.07) is 10.5. The Morgan fingerprint density at radius 2 is 1.65 bits per heavy atom. The second-order valence-electron chi connectivity index (χ2n) is 8.38. The van der Waals surface area contributed by atoms with E-state index in [0.717, 1.165) is 28.3 Å². The lowest BCUT2D eigenvalue weighted by molar-refractivity contribution is -0.120. The Balaban J connectivity index is 1.73. The molecule has 31 heavy (non-hydrogen) atoms. The molecule has 3 rings (SSSR count). The highest BCUT2D eigenvalue weighted by Crippen LogP contribution is 2.19. The Morgan fingerprint density at radius 3 is 2.23 bits per heavy atom. The molecule has 1 N–H and O–H groups in total. The molecule has 0 saturated heterocycles. The number of hydrogen-bond donors (Lipinski definition) is 1. The number of nitrogens with zero attached hydrogens (tertiary/aromatic N) is 5. The molecule has 2 aromatic heterocycles. The monoisotopic (exact) mass is 420 g/mol. The second kappa shape index (κ2) is 9.39. The van der Waals surface area contributed by atoms with Crippen LogP contribution in [-0.4, -0.2) is 51.2 Å². The first-order valence-electron chi connectivity index (χ1n) is 10.5. The molecule has 0 aliphatic carbocycles. The minimum absolute atomic E-state index is 0.0222. The Kier molecular flexibility index (Phi) is 6.85. The van der Waals surface area contributed by atoms with Crippen molar-refractivity contribution >= 4 is 5.91 Å². The van der Waals surface area contributed by atoms with Crippen LogP contribution in [0.1, 0.15) is 45.5 Å². The summed E-state index contributed by atoms with van der Waals surface area (Å²) in [6.07, 6.45) is 0.274. The molecule has 1 aromatic carbocycles. The van der Waals surface area contributed by atoms with Crippen molar-refractivity contribution in [1.82, 2.24) is 30.0 Å². The molecule has 7 nitrogen and oxygen atoms in total. The number of benzene rings is 1. The zero-order chi connectivity index (χ0) is 22.7. The highest BCUT2D eigenvalue weighted by molar-refractivity contribution is 5.79. The number of aromatic nitrogens is 4. The van der Waals surface area contributed by atoms with Crippen LogP contribution in [-0.2, 0) is 11.2 Å². The van der Waals surface area contributed by atoms with E-state index >= 15 is 0 Å². The molecule has 0 aliphatic rings. The van der Waals surface area contributed by atoms with Gasteiger partial charge >= 0.3 is 0 Å². The van der Waals surface area contributed by atoms with Crippen molar-refractivity contribution in [3.8, 4) is 5.95 Å². The van der Waals surface area contributed by atoms with Gasteiger partial charge in [-0.1, -0.05) is 29.8 Å². The largest absolute Gasteiger partial charge is 0.354 e. The minimum atomic E-state index is -0.0222. The van der Waals surface area contributed by atoms with Gasteiger partial charge in [0.1, 0.15) is 0 Å². The van der Waals surface area contributed by atoms with E-state index in [9.17, 15) is 4.79 Å². The van der Waals surface area contributed by atoms with Crippen LogP contribution in [0.15, 0.2) is 30.3 Å². The third-order valence-corrected chi connectivity index (χ3v) is 5.52. The Bertz CT molecular complexity index is 1050. The standard InChI is InChI=1S/C24H32N6O/c1-15-8-10-20(11-9-15)22(29(6)7)14-25-23(31)13-21-18(4)28-30(19(21)5)24-26-16(2)12-17(3)27-24/h8-12,22H,13-14H2,1-7H3,(H,25,31). The molecular formula is C24H32N6O. The third-order valence-electron chi connectivity index (χ3n) is 5.52. The first kappa shape index (κ1) is 22.6. The minimum Gasteiger partial charge on any atom is -0.354 e. The maximum Gasteiger partial charge on any atom is 0.251 e. The molecule has 2 heterocycles. The average Bonchev–Trinajstić information content (AvgIpc) is 2.97. The molecule has 1 amide bonds. The van der Waals surface area contributed by atoms with Crippen LogP contribution in [0.4, 0.5) is 0 Å². The van der Waals surface area contributed by atoms with E-state index in [0.29, 0.717) is 12.5 Å². The van der Waals surface area contributed by atoms with Crippen LogP contribution in [0, 0.1) is 34.6 Å². The molecule has 1 unspecified atom stereocenters. The van der Waals surface area contributed by atoms with Crippen molar-refractivity contribution in [3.05, 3.63) is 69.8 Å². The van der Waals surface area contributed by atoms with E-state index in [-0.39, 0.29) is 18.4 Å². The smallest absolute Gasteiger partial charge is 0.251 e. The number of likely N-dealkylation sites (N-methyl/N-ethyl adjacent to an activating group) is 1. The number of amides is 1. The van der Waals surface area contributed by atoms with Gasteiger partial charge in [-0.3, -0.25) is 4.79 Å². The van der Waals surface area contributed by atoms with Gasteiger partial charge in [0.05, 0.1) is 18.2 Å². The van der Waals surface area contributed by atoms with Gasteiger partial charge in [0, 0.05) is 29.2 Å². The SMILES string of the molecule is Cc1ccc(C(CNC(=O)Cc2c(C)nn(-c3nc(C)cc(C)n3)c2C)N(C)C)cc1. The number of rotatable bonds is 7. The number of hydrogen-bond acceptors (Lipinski definition) is 5. The number of carbonyl (C=O) groups excluding carboxylic acids is 1. The van der Waals surface area contributed by atoms with Gasteiger partial charge in [0.15, 0.2) is 0 Å². The van der Waals surface area contributed by atoms with Crippen molar-refractivity contribution < 1.29 is 4.79 Å². The summed E-state index contributed by atoms with van der Waals surface area (Å²) in [5.41, 5.74) is 6.81. The van der Waals surface area contributed by atoms with E-state index in [4.69, 9.17) is 0 Å². The lowest BCUT2D eigenvalue weighted by atomic mass is 10.0. The zero-order valence-electron chi connectivity index (χ0n) is 19.5. The zero-order valence-corrected chi connectivity index (χ0v) is 19.5. The highest BCUT2D eigenvalue weighted by Gasteiger charge is 2.19. The van der Waals surface area contributed by atoms with Crippen molar-refractivity contribution in [2.45, 2.75) is 47.1 Å². The molecule has 0 bridgehead atoms.